The fourth-order valence-electron chi connectivity index (χ4n) is 3.91. The predicted octanol–water partition coefficient (Wildman–Crippen LogP) is 2.91. The maximum Gasteiger partial charge on any atom is 0.247 e. The molecular weight excluding hydrogens is 428 g/mol. The fraction of sp³-hybridized carbons (Fsp3) is 0.458. The number of ether oxygens (including phenoxy) is 1. The average molecular weight is 461 g/mol. The summed E-state index contributed by atoms with van der Waals surface area (Å²) in [5, 5.41) is 9.73. The summed E-state index contributed by atoms with van der Waals surface area (Å²) >= 11 is 0. The second kappa shape index (κ2) is 9.60. The minimum absolute atomic E-state index is 0.0671. The Balaban J connectivity index is 2.16. The molecule has 2 aromatic carbocycles. The Hall–Kier alpha value is -2.42. The van der Waals surface area contributed by atoms with Gasteiger partial charge in [-0.2, -0.15) is 4.31 Å². The van der Waals surface area contributed by atoms with Gasteiger partial charge in [-0.15, -0.1) is 0 Å². The van der Waals surface area contributed by atoms with Crippen LogP contribution in [0.3, 0.4) is 0 Å². The van der Waals surface area contributed by atoms with E-state index in [2.05, 4.69) is 0 Å². The molecule has 0 unspecified atom stereocenters. The zero-order valence-corrected chi connectivity index (χ0v) is 20.1. The average Bonchev–Trinajstić information content (AvgIpc) is 2.75. The van der Waals surface area contributed by atoms with Crippen molar-refractivity contribution in [2.45, 2.75) is 44.7 Å². The van der Waals surface area contributed by atoms with Gasteiger partial charge in [0.05, 0.1) is 13.2 Å². The van der Waals surface area contributed by atoms with Gasteiger partial charge in [0.2, 0.25) is 15.9 Å². The molecular formula is C24H32N2O5S. The van der Waals surface area contributed by atoms with Crippen LogP contribution in [0, 0.1) is 12.8 Å². The number of fused-ring (bicyclic) bond motifs is 1. The van der Waals surface area contributed by atoms with Gasteiger partial charge in [0.1, 0.15) is 16.7 Å². The van der Waals surface area contributed by atoms with Crippen molar-refractivity contribution < 1.29 is 23.1 Å². The monoisotopic (exact) mass is 460 g/mol. The minimum Gasteiger partial charge on any atom is -0.487 e. The number of hydrogen-bond donors (Lipinski definition) is 1. The standard InChI is InChI=1S/C24H32N2O5S/c1-16-8-6-7-9-21(16)20-10-11-24-22(12-20)31-23(14-25(5)19(4)28)17(2)13-26(18(3)15-27)32(24,29)30/h6-12,17-18,23,27H,13-15H2,1-5H3/t17-,18+,23+/m1/s1. The molecule has 32 heavy (non-hydrogen) atoms. The zero-order chi connectivity index (χ0) is 23.6. The number of benzene rings is 2. The maximum atomic E-state index is 13.5. The normalized spacial score (nSPS) is 21.6. The Morgan fingerprint density at radius 2 is 1.97 bits per heavy atom. The first-order valence-electron chi connectivity index (χ1n) is 10.8. The second-order valence-electron chi connectivity index (χ2n) is 8.62. The van der Waals surface area contributed by atoms with E-state index in [1.807, 2.05) is 38.1 Å². The highest BCUT2D eigenvalue weighted by Crippen LogP contribution is 2.37. The molecule has 1 amide bonds. The number of carbonyl (C=O) groups is 1. The quantitative estimate of drug-likeness (QED) is 0.741. The molecule has 3 rings (SSSR count). The van der Waals surface area contributed by atoms with E-state index in [0.29, 0.717) is 6.54 Å². The lowest BCUT2D eigenvalue weighted by atomic mass is 10.00. The number of rotatable bonds is 5. The van der Waals surface area contributed by atoms with E-state index >= 15 is 0 Å². The topological polar surface area (TPSA) is 87.2 Å². The van der Waals surface area contributed by atoms with E-state index in [1.54, 1.807) is 37.1 Å². The largest absolute Gasteiger partial charge is 0.487 e. The first kappa shape index (κ1) is 24.2. The van der Waals surface area contributed by atoms with E-state index in [0.717, 1.165) is 16.7 Å². The zero-order valence-electron chi connectivity index (χ0n) is 19.3. The van der Waals surface area contributed by atoms with Gasteiger partial charge in [-0.1, -0.05) is 37.3 Å². The van der Waals surface area contributed by atoms with Crippen LogP contribution < -0.4 is 4.74 Å². The summed E-state index contributed by atoms with van der Waals surface area (Å²) in [6.07, 6.45) is -0.418. The van der Waals surface area contributed by atoms with E-state index in [4.69, 9.17) is 4.74 Å². The predicted molar refractivity (Wildman–Crippen MR) is 124 cm³/mol. The van der Waals surface area contributed by atoms with Gasteiger partial charge in [0.15, 0.2) is 0 Å². The summed E-state index contributed by atoms with van der Waals surface area (Å²) in [4.78, 5) is 13.5. The molecule has 2 aromatic rings. The number of sulfonamides is 1. The molecule has 1 aliphatic rings. The van der Waals surface area contributed by atoms with Gasteiger partial charge in [-0.05, 0) is 42.7 Å². The number of aryl methyl sites for hydroxylation is 1. The van der Waals surface area contributed by atoms with Crippen LogP contribution in [-0.4, -0.2) is 67.5 Å². The molecule has 0 fully saturated rings. The van der Waals surface area contributed by atoms with Crippen LogP contribution in [-0.2, 0) is 14.8 Å². The van der Waals surface area contributed by atoms with E-state index in [1.165, 1.54) is 11.2 Å². The summed E-state index contributed by atoms with van der Waals surface area (Å²) in [5.41, 5.74) is 2.91. The molecule has 0 aromatic heterocycles. The van der Waals surface area contributed by atoms with Crippen molar-refractivity contribution in [3.05, 3.63) is 48.0 Å². The van der Waals surface area contributed by atoms with Gasteiger partial charge in [0, 0.05) is 32.5 Å². The smallest absolute Gasteiger partial charge is 0.247 e. The van der Waals surface area contributed by atoms with Crippen LogP contribution in [0.15, 0.2) is 47.4 Å². The number of aliphatic hydroxyl groups is 1. The van der Waals surface area contributed by atoms with Crippen molar-refractivity contribution in [3.63, 3.8) is 0 Å². The molecule has 1 aliphatic heterocycles. The van der Waals surface area contributed by atoms with Crippen molar-refractivity contribution >= 4 is 15.9 Å². The second-order valence-corrected chi connectivity index (χ2v) is 10.5. The molecule has 0 aliphatic carbocycles. The highest BCUT2D eigenvalue weighted by molar-refractivity contribution is 7.89. The molecule has 7 nitrogen and oxygen atoms in total. The molecule has 0 bridgehead atoms. The Kier molecular flexibility index (Phi) is 7.27. The number of likely N-dealkylation sites (N-methyl/N-ethyl adjacent to an activating group) is 1. The van der Waals surface area contributed by atoms with E-state index in [9.17, 15) is 18.3 Å². The third kappa shape index (κ3) is 4.82. The van der Waals surface area contributed by atoms with Gasteiger partial charge in [0.25, 0.3) is 0 Å². The molecule has 0 saturated heterocycles. The highest BCUT2D eigenvalue weighted by atomic mass is 32.2. The van der Waals surface area contributed by atoms with E-state index in [-0.39, 0.29) is 35.6 Å². The minimum atomic E-state index is -3.90. The third-order valence-electron chi connectivity index (χ3n) is 6.11. The molecule has 3 atom stereocenters. The van der Waals surface area contributed by atoms with Gasteiger partial charge < -0.3 is 14.7 Å². The molecule has 0 saturated carbocycles. The molecule has 1 N–H and O–H groups in total. The summed E-state index contributed by atoms with van der Waals surface area (Å²) in [6.45, 7) is 7.29. The van der Waals surface area contributed by atoms with Crippen LogP contribution in [0.5, 0.6) is 5.75 Å². The van der Waals surface area contributed by atoms with Crippen molar-refractivity contribution in [2.24, 2.45) is 5.92 Å². The molecule has 8 heteroatoms. The van der Waals surface area contributed by atoms with Crippen LogP contribution in [0.1, 0.15) is 26.3 Å². The number of carbonyl (C=O) groups excluding carboxylic acids is 1. The third-order valence-corrected chi connectivity index (χ3v) is 8.13. The number of hydrogen-bond acceptors (Lipinski definition) is 5. The SMILES string of the molecule is CC(=O)N(C)C[C@@H]1Oc2cc(-c3ccccc3C)ccc2S(=O)(=O)N([C@@H](C)CO)C[C@H]1C. The summed E-state index contributed by atoms with van der Waals surface area (Å²) in [6, 6.07) is 12.4. The van der Waals surface area contributed by atoms with Crippen LogP contribution >= 0.6 is 0 Å². The number of amides is 1. The number of nitrogens with zero attached hydrogens (tertiary/aromatic N) is 2. The summed E-state index contributed by atoms with van der Waals surface area (Å²) < 4.78 is 34.7. The summed E-state index contributed by atoms with van der Waals surface area (Å²) in [7, 11) is -2.20. The van der Waals surface area contributed by atoms with Crippen molar-refractivity contribution in [3.8, 4) is 16.9 Å². The van der Waals surface area contributed by atoms with Crippen molar-refractivity contribution in [2.75, 3.05) is 26.7 Å². The summed E-state index contributed by atoms with van der Waals surface area (Å²) in [5.74, 6) is -0.0461. The number of aliphatic hydroxyl groups excluding tert-OH is 1. The first-order chi connectivity index (χ1) is 15.1. The van der Waals surface area contributed by atoms with Crippen LogP contribution in [0.2, 0.25) is 0 Å². The van der Waals surface area contributed by atoms with Gasteiger partial charge in [-0.3, -0.25) is 4.79 Å². The molecule has 0 radical (unpaired) electrons. The molecule has 0 spiro atoms. The van der Waals surface area contributed by atoms with Gasteiger partial charge >= 0.3 is 0 Å². The van der Waals surface area contributed by atoms with Crippen molar-refractivity contribution in [1.29, 1.82) is 0 Å². The maximum absolute atomic E-state index is 13.5. The lowest BCUT2D eigenvalue weighted by molar-refractivity contribution is -0.129. The Morgan fingerprint density at radius 1 is 1.28 bits per heavy atom. The Labute approximate surface area is 190 Å². The lowest BCUT2D eigenvalue weighted by Gasteiger charge is -2.37. The lowest BCUT2D eigenvalue weighted by Crippen LogP contribution is -2.50. The highest BCUT2D eigenvalue weighted by Gasteiger charge is 2.38. The Bertz CT molecular complexity index is 1090. The van der Waals surface area contributed by atoms with Crippen LogP contribution in [0.4, 0.5) is 0 Å². The van der Waals surface area contributed by atoms with Crippen LogP contribution in [0.25, 0.3) is 11.1 Å². The molecule has 174 valence electrons. The fourth-order valence-corrected chi connectivity index (χ4v) is 5.73. The van der Waals surface area contributed by atoms with E-state index < -0.39 is 22.2 Å². The first-order valence-corrected chi connectivity index (χ1v) is 12.2. The Morgan fingerprint density at radius 3 is 2.59 bits per heavy atom. The van der Waals surface area contributed by atoms with Gasteiger partial charge in [-0.25, -0.2) is 8.42 Å². The molecule has 1 heterocycles. The van der Waals surface area contributed by atoms with Crippen molar-refractivity contribution in [1.82, 2.24) is 9.21 Å².